The second-order valence-electron chi connectivity index (χ2n) is 4.14. The summed E-state index contributed by atoms with van der Waals surface area (Å²) in [5, 5.41) is 22.8. The molecule has 0 radical (unpaired) electrons. The van der Waals surface area contributed by atoms with Gasteiger partial charge in [-0.2, -0.15) is 5.10 Å². The molecular weight excluding hydrogens is 246 g/mol. The van der Waals surface area contributed by atoms with E-state index in [1.807, 2.05) is 0 Å². The second-order valence-corrected chi connectivity index (χ2v) is 4.14. The maximum Gasteiger partial charge on any atom is 0.354 e. The van der Waals surface area contributed by atoms with E-state index in [-0.39, 0.29) is 11.4 Å². The summed E-state index contributed by atoms with van der Waals surface area (Å²) in [6.07, 6.45) is 0.654. The molecule has 4 N–H and O–H groups in total. The zero-order chi connectivity index (χ0) is 13.8. The minimum Gasteiger partial charge on any atom is -0.508 e. The summed E-state index contributed by atoms with van der Waals surface area (Å²) in [6, 6.07) is 8.03. The summed E-state index contributed by atoms with van der Waals surface area (Å²) in [6.45, 7) is 0.928. The van der Waals surface area contributed by atoms with Crippen molar-refractivity contribution < 1.29 is 15.0 Å². The van der Waals surface area contributed by atoms with Crippen LogP contribution in [-0.2, 0) is 6.54 Å². The van der Waals surface area contributed by atoms with Crippen LogP contribution in [0.1, 0.15) is 16.9 Å². The zero-order valence-electron chi connectivity index (χ0n) is 10.3. The van der Waals surface area contributed by atoms with Crippen LogP contribution in [0.15, 0.2) is 30.3 Å². The molecule has 100 valence electrons. The van der Waals surface area contributed by atoms with Gasteiger partial charge in [-0.05, 0) is 31.2 Å². The highest BCUT2D eigenvalue weighted by molar-refractivity contribution is 5.87. The monoisotopic (exact) mass is 261 g/mol. The summed E-state index contributed by atoms with van der Waals surface area (Å²) in [5.41, 5.74) is 6.73. The van der Waals surface area contributed by atoms with Gasteiger partial charge in [0.05, 0.1) is 5.69 Å². The second kappa shape index (κ2) is 5.53. The van der Waals surface area contributed by atoms with Gasteiger partial charge in [0.15, 0.2) is 0 Å². The van der Waals surface area contributed by atoms with Gasteiger partial charge in [-0.15, -0.1) is 0 Å². The Morgan fingerprint density at radius 3 is 2.79 bits per heavy atom. The van der Waals surface area contributed by atoms with Gasteiger partial charge >= 0.3 is 5.97 Å². The van der Waals surface area contributed by atoms with Crippen molar-refractivity contribution in [1.82, 2.24) is 9.78 Å². The molecule has 6 nitrogen and oxygen atoms in total. The van der Waals surface area contributed by atoms with Crippen molar-refractivity contribution in [2.24, 2.45) is 5.73 Å². The Hall–Kier alpha value is -2.34. The standard InChI is InChI=1S/C13H15N3O3/c14-5-2-6-16-12(13(18)19)8-11(15-16)9-3-1-4-10(17)7-9/h1,3-4,7-8,17H,2,5-6,14H2,(H,18,19). The molecule has 0 atom stereocenters. The van der Waals surface area contributed by atoms with E-state index in [9.17, 15) is 9.90 Å². The number of rotatable bonds is 5. The van der Waals surface area contributed by atoms with Gasteiger partial charge in [0.25, 0.3) is 0 Å². The highest BCUT2D eigenvalue weighted by Crippen LogP contribution is 2.23. The highest BCUT2D eigenvalue weighted by atomic mass is 16.4. The topological polar surface area (TPSA) is 101 Å². The lowest BCUT2D eigenvalue weighted by Crippen LogP contribution is -2.12. The lowest BCUT2D eigenvalue weighted by molar-refractivity contribution is 0.0683. The Kier molecular flexibility index (Phi) is 3.82. The van der Waals surface area contributed by atoms with E-state index in [0.717, 1.165) is 0 Å². The number of carbonyl (C=O) groups is 1. The van der Waals surface area contributed by atoms with Gasteiger partial charge in [0, 0.05) is 12.1 Å². The number of aromatic nitrogens is 2. The first kappa shape index (κ1) is 13.1. The normalized spacial score (nSPS) is 10.6. The number of aromatic hydroxyl groups is 1. The van der Waals surface area contributed by atoms with Crippen molar-refractivity contribution in [2.45, 2.75) is 13.0 Å². The molecule has 0 spiro atoms. The van der Waals surface area contributed by atoms with Gasteiger partial charge in [-0.1, -0.05) is 12.1 Å². The molecule has 0 saturated heterocycles. The molecule has 0 unspecified atom stereocenters. The fourth-order valence-electron chi connectivity index (χ4n) is 1.81. The van der Waals surface area contributed by atoms with Crippen molar-refractivity contribution in [1.29, 1.82) is 0 Å². The number of nitrogens with zero attached hydrogens (tertiary/aromatic N) is 2. The highest BCUT2D eigenvalue weighted by Gasteiger charge is 2.15. The summed E-state index contributed by atoms with van der Waals surface area (Å²) in [5.74, 6) is -0.915. The first-order valence-corrected chi connectivity index (χ1v) is 5.92. The van der Waals surface area contributed by atoms with Gasteiger partial charge in [0.2, 0.25) is 0 Å². The van der Waals surface area contributed by atoms with Gasteiger partial charge in [-0.3, -0.25) is 4.68 Å². The minimum absolute atomic E-state index is 0.117. The third-order valence-electron chi connectivity index (χ3n) is 2.72. The Morgan fingerprint density at radius 1 is 1.37 bits per heavy atom. The third kappa shape index (κ3) is 2.92. The van der Waals surface area contributed by atoms with Gasteiger partial charge in [-0.25, -0.2) is 4.79 Å². The summed E-state index contributed by atoms with van der Waals surface area (Å²) in [4.78, 5) is 11.2. The summed E-state index contributed by atoms with van der Waals surface area (Å²) < 4.78 is 1.43. The number of carboxylic acids is 1. The average Bonchev–Trinajstić information content (AvgIpc) is 2.80. The first-order chi connectivity index (χ1) is 9.11. The van der Waals surface area contributed by atoms with E-state index in [1.165, 1.54) is 10.7 Å². The van der Waals surface area contributed by atoms with Crippen LogP contribution in [-0.4, -0.2) is 32.5 Å². The Labute approximate surface area is 110 Å². The van der Waals surface area contributed by atoms with Crippen LogP contribution in [0, 0.1) is 0 Å². The quantitative estimate of drug-likeness (QED) is 0.753. The molecule has 0 fully saturated rings. The number of hydrogen-bond donors (Lipinski definition) is 3. The predicted octanol–water partition coefficient (Wildman–Crippen LogP) is 1.30. The van der Waals surface area contributed by atoms with E-state index in [4.69, 9.17) is 10.8 Å². The Morgan fingerprint density at radius 2 is 2.16 bits per heavy atom. The zero-order valence-corrected chi connectivity index (χ0v) is 10.3. The molecule has 0 aliphatic carbocycles. The van der Waals surface area contributed by atoms with Crippen LogP contribution >= 0.6 is 0 Å². The van der Waals surface area contributed by atoms with Gasteiger partial charge in [0.1, 0.15) is 11.4 Å². The fourth-order valence-corrected chi connectivity index (χ4v) is 1.81. The first-order valence-electron chi connectivity index (χ1n) is 5.92. The maximum absolute atomic E-state index is 11.2. The Bertz CT molecular complexity index is 593. The predicted molar refractivity (Wildman–Crippen MR) is 70.0 cm³/mol. The third-order valence-corrected chi connectivity index (χ3v) is 2.72. The van der Waals surface area contributed by atoms with E-state index in [2.05, 4.69) is 5.10 Å². The number of benzene rings is 1. The SMILES string of the molecule is NCCCn1nc(-c2cccc(O)c2)cc1C(=O)O. The summed E-state index contributed by atoms with van der Waals surface area (Å²) in [7, 11) is 0. The van der Waals surface area contributed by atoms with E-state index < -0.39 is 5.97 Å². The molecule has 2 rings (SSSR count). The largest absolute Gasteiger partial charge is 0.508 e. The number of phenolic OH excluding ortho intramolecular Hbond substituents is 1. The van der Waals surface area contributed by atoms with Crippen molar-refractivity contribution in [2.75, 3.05) is 6.54 Å². The van der Waals surface area contributed by atoms with Crippen LogP contribution in [0.25, 0.3) is 11.3 Å². The van der Waals surface area contributed by atoms with Crippen molar-refractivity contribution >= 4 is 5.97 Å². The molecule has 0 bridgehead atoms. The molecule has 1 aromatic heterocycles. The van der Waals surface area contributed by atoms with Crippen LogP contribution in [0.2, 0.25) is 0 Å². The smallest absolute Gasteiger partial charge is 0.354 e. The summed E-state index contributed by atoms with van der Waals surface area (Å²) >= 11 is 0. The van der Waals surface area contributed by atoms with Crippen LogP contribution in [0.4, 0.5) is 0 Å². The molecule has 0 aliphatic heterocycles. The van der Waals surface area contributed by atoms with Crippen LogP contribution < -0.4 is 5.73 Å². The van der Waals surface area contributed by atoms with Crippen molar-refractivity contribution in [3.05, 3.63) is 36.0 Å². The molecule has 0 saturated carbocycles. The van der Waals surface area contributed by atoms with Crippen LogP contribution in [0.3, 0.4) is 0 Å². The lowest BCUT2D eigenvalue weighted by atomic mass is 10.1. The number of aryl methyl sites for hydroxylation is 1. The maximum atomic E-state index is 11.2. The molecule has 0 aliphatic rings. The van der Waals surface area contributed by atoms with Gasteiger partial charge < -0.3 is 15.9 Å². The van der Waals surface area contributed by atoms with Crippen LogP contribution in [0.5, 0.6) is 5.75 Å². The number of nitrogens with two attached hydrogens (primary N) is 1. The number of carboxylic acid groups (broad SMARTS) is 1. The number of aromatic carboxylic acids is 1. The molecule has 0 amide bonds. The fraction of sp³-hybridized carbons (Fsp3) is 0.231. The van der Waals surface area contributed by atoms with E-state index >= 15 is 0 Å². The molecule has 6 heteroatoms. The molecule has 19 heavy (non-hydrogen) atoms. The van der Waals surface area contributed by atoms with E-state index in [1.54, 1.807) is 24.3 Å². The number of hydrogen-bond acceptors (Lipinski definition) is 4. The Balaban J connectivity index is 2.39. The molecular formula is C13H15N3O3. The lowest BCUT2D eigenvalue weighted by Gasteiger charge is -2.02. The minimum atomic E-state index is -1.03. The number of phenols is 1. The van der Waals surface area contributed by atoms with Crippen molar-refractivity contribution in [3.8, 4) is 17.0 Å². The average molecular weight is 261 g/mol. The van der Waals surface area contributed by atoms with E-state index in [0.29, 0.717) is 30.8 Å². The van der Waals surface area contributed by atoms with Crippen molar-refractivity contribution in [3.63, 3.8) is 0 Å². The molecule has 1 aromatic carbocycles. The molecule has 2 aromatic rings. The molecule has 1 heterocycles.